The third-order valence-corrected chi connectivity index (χ3v) is 5.31. The molecule has 25 heavy (non-hydrogen) atoms. The number of benzene rings is 2. The highest BCUT2D eigenvalue weighted by molar-refractivity contribution is 8.27. The summed E-state index contributed by atoms with van der Waals surface area (Å²) in [5.74, 6) is -0.179. The van der Waals surface area contributed by atoms with Crippen molar-refractivity contribution >= 4 is 51.7 Å². The van der Waals surface area contributed by atoms with Gasteiger partial charge in [-0.1, -0.05) is 36.1 Å². The molecule has 0 radical (unpaired) electrons. The summed E-state index contributed by atoms with van der Waals surface area (Å²) in [6.07, 6.45) is 1.70. The lowest BCUT2D eigenvalue weighted by Gasteiger charge is -2.18. The molecule has 0 aromatic heterocycles. The first-order chi connectivity index (χ1) is 11.9. The molecular weight excluding hydrogens is 356 g/mol. The van der Waals surface area contributed by atoms with Crippen LogP contribution in [-0.2, 0) is 4.79 Å². The number of aryl methyl sites for hydroxylation is 1. The van der Waals surface area contributed by atoms with Gasteiger partial charge in [0.05, 0.1) is 15.5 Å². The van der Waals surface area contributed by atoms with Gasteiger partial charge in [-0.3, -0.25) is 19.8 Å². The Morgan fingerprint density at radius 2 is 1.84 bits per heavy atom. The fourth-order valence-corrected chi connectivity index (χ4v) is 3.78. The van der Waals surface area contributed by atoms with Crippen LogP contribution < -0.4 is 4.90 Å². The van der Waals surface area contributed by atoms with Crippen molar-refractivity contribution in [3.05, 3.63) is 74.2 Å². The topological polar surface area (TPSA) is 63.5 Å². The first-order valence-corrected chi connectivity index (χ1v) is 8.69. The summed E-state index contributed by atoms with van der Waals surface area (Å²) in [5, 5.41) is 10.7. The van der Waals surface area contributed by atoms with Crippen LogP contribution in [0.1, 0.15) is 16.7 Å². The van der Waals surface area contributed by atoms with Crippen molar-refractivity contribution in [2.45, 2.75) is 13.8 Å². The van der Waals surface area contributed by atoms with Gasteiger partial charge in [-0.05, 0) is 54.8 Å². The summed E-state index contributed by atoms with van der Waals surface area (Å²) in [6.45, 7) is 3.95. The standard InChI is InChI=1S/C18H14N2O3S2/c1-11-4-3-5-15(12(11)2)19-17(21)16(25-18(19)24)10-13-6-8-14(9-7-13)20(22)23/h3-10H,1-2H3. The van der Waals surface area contributed by atoms with E-state index in [1.54, 1.807) is 23.1 Å². The molecule has 7 heteroatoms. The molecule has 1 fully saturated rings. The van der Waals surface area contributed by atoms with Crippen molar-refractivity contribution in [3.63, 3.8) is 0 Å². The third kappa shape index (κ3) is 3.33. The molecule has 0 spiro atoms. The van der Waals surface area contributed by atoms with Crippen molar-refractivity contribution in [2.24, 2.45) is 0 Å². The Morgan fingerprint density at radius 3 is 2.48 bits per heavy atom. The van der Waals surface area contributed by atoms with Crippen LogP contribution in [0.25, 0.3) is 6.08 Å². The van der Waals surface area contributed by atoms with Gasteiger partial charge in [-0.2, -0.15) is 0 Å². The number of nitro groups is 1. The predicted octanol–water partition coefficient (Wildman–Crippen LogP) is 4.62. The van der Waals surface area contributed by atoms with Gasteiger partial charge >= 0.3 is 0 Å². The van der Waals surface area contributed by atoms with Gasteiger partial charge in [0.1, 0.15) is 0 Å². The zero-order chi connectivity index (χ0) is 18.1. The summed E-state index contributed by atoms with van der Waals surface area (Å²) in [6, 6.07) is 11.8. The Morgan fingerprint density at radius 1 is 1.16 bits per heavy atom. The van der Waals surface area contributed by atoms with Gasteiger partial charge in [-0.15, -0.1) is 0 Å². The minimum Gasteiger partial charge on any atom is -0.268 e. The number of carbonyl (C=O) groups excluding carboxylic acids is 1. The normalized spacial score (nSPS) is 15.9. The maximum atomic E-state index is 12.8. The van der Waals surface area contributed by atoms with E-state index in [0.717, 1.165) is 16.8 Å². The van der Waals surface area contributed by atoms with Crippen LogP contribution in [0.3, 0.4) is 0 Å². The van der Waals surface area contributed by atoms with Crippen LogP contribution in [0.5, 0.6) is 0 Å². The average molecular weight is 370 g/mol. The van der Waals surface area contributed by atoms with Gasteiger partial charge in [0, 0.05) is 12.1 Å². The zero-order valence-corrected chi connectivity index (χ0v) is 15.2. The molecule has 1 amide bonds. The number of amides is 1. The van der Waals surface area contributed by atoms with Gasteiger partial charge in [0.15, 0.2) is 4.32 Å². The van der Waals surface area contributed by atoms with E-state index in [0.29, 0.717) is 14.8 Å². The highest BCUT2D eigenvalue weighted by Gasteiger charge is 2.34. The first-order valence-electron chi connectivity index (χ1n) is 7.47. The van der Waals surface area contributed by atoms with Gasteiger partial charge in [0.2, 0.25) is 0 Å². The van der Waals surface area contributed by atoms with E-state index in [4.69, 9.17) is 12.2 Å². The molecule has 5 nitrogen and oxygen atoms in total. The molecule has 1 aliphatic rings. The summed E-state index contributed by atoms with van der Waals surface area (Å²) in [5.41, 5.74) is 3.61. The van der Waals surface area contributed by atoms with E-state index in [1.165, 1.54) is 23.9 Å². The van der Waals surface area contributed by atoms with Crippen molar-refractivity contribution in [1.29, 1.82) is 0 Å². The highest BCUT2D eigenvalue weighted by atomic mass is 32.2. The lowest BCUT2D eigenvalue weighted by molar-refractivity contribution is -0.384. The molecule has 0 bridgehead atoms. The fraction of sp³-hybridized carbons (Fsp3) is 0.111. The molecular formula is C18H14N2O3S2. The van der Waals surface area contributed by atoms with Crippen LogP contribution in [-0.4, -0.2) is 15.2 Å². The second-order valence-corrected chi connectivity index (χ2v) is 7.26. The van der Waals surface area contributed by atoms with Crippen molar-refractivity contribution in [3.8, 4) is 0 Å². The van der Waals surface area contributed by atoms with Crippen molar-refractivity contribution < 1.29 is 9.72 Å². The van der Waals surface area contributed by atoms with E-state index in [1.807, 2.05) is 32.0 Å². The Bertz CT molecular complexity index is 920. The van der Waals surface area contributed by atoms with Crippen LogP contribution in [0.2, 0.25) is 0 Å². The minimum atomic E-state index is -0.455. The van der Waals surface area contributed by atoms with Crippen molar-refractivity contribution in [1.82, 2.24) is 0 Å². The van der Waals surface area contributed by atoms with Crippen molar-refractivity contribution in [2.75, 3.05) is 4.90 Å². The van der Waals surface area contributed by atoms with Crippen LogP contribution in [0.4, 0.5) is 11.4 Å². The predicted molar refractivity (Wildman–Crippen MR) is 105 cm³/mol. The molecule has 2 aromatic carbocycles. The number of nitrogens with zero attached hydrogens (tertiary/aromatic N) is 2. The largest absolute Gasteiger partial charge is 0.270 e. The number of anilines is 1. The summed E-state index contributed by atoms with van der Waals surface area (Å²) in [7, 11) is 0. The number of carbonyl (C=O) groups is 1. The van der Waals surface area contributed by atoms with E-state index in [2.05, 4.69) is 0 Å². The molecule has 0 atom stereocenters. The number of hydrogen-bond donors (Lipinski definition) is 0. The van der Waals surface area contributed by atoms with Gasteiger partial charge < -0.3 is 0 Å². The minimum absolute atomic E-state index is 0.0140. The number of thiocarbonyl (C=S) groups is 1. The fourth-order valence-electron chi connectivity index (χ4n) is 2.50. The Balaban J connectivity index is 1.93. The lowest BCUT2D eigenvalue weighted by atomic mass is 10.1. The summed E-state index contributed by atoms with van der Waals surface area (Å²) >= 11 is 6.62. The zero-order valence-electron chi connectivity index (χ0n) is 13.6. The van der Waals surface area contributed by atoms with Crippen LogP contribution in [0, 0.1) is 24.0 Å². The molecule has 1 saturated heterocycles. The quantitative estimate of drug-likeness (QED) is 0.341. The number of non-ortho nitro benzene ring substituents is 1. The SMILES string of the molecule is Cc1cccc(N2C(=O)C(=Cc3ccc([N+](=O)[O-])cc3)SC2=S)c1C. The number of nitro benzene ring substituents is 1. The third-order valence-electron chi connectivity index (χ3n) is 4.01. The summed E-state index contributed by atoms with van der Waals surface area (Å²) < 4.78 is 0.479. The highest BCUT2D eigenvalue weighted by Crippen LogP contribution is 2.37. The maximum absolute atomic E-state index is 12.8. The molecule has 0 saturated carbocycles. The van der Waals surface area contributed by atoms with E-state index in [9.17, 15) is 14.9 Å². The molecule has 3 rings (SSSR count). The number of hydrogen-bond acceptors (Lipinski definition) is 5. The van der Waals surface area contributed by atoms with Gasteiger partial charge in [-0.25, -0.2) is 0 Å². The Hall–Kier alpha value is -2.51. The molecule has 0 unspecified atom stereocenters. The molecule has 0 N–H and O–H groups in total. The van der Waals surface area contributed by atoms with Gasteiger partial charge in [0.25, 0.3) is 11.6 Å². The summed E-state index contributed by atoms with van der Waals surface area (Å²) in [4.78, 5) is 25.1. The molecule has 1 heterocycles. The Kier molecular flexibility index (Phi) is 4.69. The second kappa shape index (κ2) is 6.78. The maximum Gasteiger partial charge on any atom is 0.270 e. The van der Waals surface area contributed by atoms with E-state index >= 15 is 0 Å². The van der Waals surface area contributed by atoms with E-state index < -0.39 is 4.92 Å². The Labute approximate surface area is 154 Å². The number of thioether (sulfide) groups is 1. The van der Waals surface area contributed by atoms with E-state index in [-0.39, 0.29) is 11.6 Å². The molecule has 0 aliphatic carbocycles. The smallest absolute Gasteiger partial charge is 0.268 e. The second-order valence-electron chi connectivity index (χ2n) is 5.58. The number of rotatable bonds is 3. The monoisotopic (exact) mass is 370 g/mol. The first kappa shape index (κ1) is 17.3. The lowest BCUT2D eigenvalue weighted by Crippen LogP contribution is -2.28. The van der Waals surface area contributed by atoms with Crippen LogP contribution in [0.15, 0.2) is 47.4 Å². The average Bonchev–Trinajstić information content (AvgIpc) is 2.85. The molecule has 126 valence electrons. The van der Waals surface area contributed by atoms with Crippen LogP contribution >= 0.6 is 24.0 Å². The molecule has 2 aromatic rings. The molecule has 1 aliphatic heterocycles.